The summed E-state index contributed by atoms with van der Waals surface area (Å²) in [6.07, 6.45) is -0.568. The predicted octanol–water partition coefficient (Wildman–Crippen LogP) is -0.186. The number of hydrogen-bond acceptors (Lipinski definition) is 7. The first kappa shape index (κ1) is 16.0. The van der Waals surface area contributed by atoms with E-state index in [1.54, 1.807) is 6.92 Å². The third-order valence-electron chi connectivity index (χ3n) is 3.19. The summed E-state index contributed by atoms with van der Waals surface area (Å²) >= 11 is 0. The number of rotatable bonds is 5. The number of aromatic nitrogens is 2. The molecule has 0 amide bonds. The summed E-state index contributed by atoms with van der Waals surface area (Å²) < 4.78 is 27.7. The fourth-order valence-corrected chi connectivity index (χ4v) is 2.63. The van der Waals surface area contributed by atoms with Crippen LogP contribution in [-0.2, 0) is 18.3 Å². The molecule has 2 rings (SSSR count). The Morgan fingerprint density at radius 3 is 2.90 bits per heavy atom. The summed E-state index contributed by atoms with van der Waals surface area (Å²) in [7, 11) is -1.08. The molecule has 1 unspecified atom stereocenters. The Hall–Kier alpha value is -1.38. The fourth-order valence-electron chi connectivity index (χ4n) is 2.10. The molecule has 21 heavy (non-hydrogen) atoms. The maximum atomic E-state index is 11.8. The van der Waals surface area contributed by atoms with Gasteiger partial charge < -0.3 is 9.84 Å². The van der Waals surface area contributed by atoms with Crippen molar-refractivity contribution in [1.82, 2.24) is 9.55 Å². The number of aliphatic hydroxyl groups is 1. The van der Waals surface area contributed by atoms with Gasteiger partial charge in [0, 0.05) is 22.7 Å². The average molecular weight is 319 g/mol. The average Bonchev–Trinajstić information content (AvgIpc) is 2.85. The zero-order valence-corrected chi connectivity index (χ0v) is 12.4. The smallest absolute Gasteiger partial charge is 0.394 e. The van der Waals surface area contributed by atoms with Crippen molar-refractivity contribution in [3.05, 3.63) is 32.6 Å². The Kier molecular flexibility index (Phi) is 5.02. The maximum absolute atomic E-state index is 11.8. The van der Waals surface area contributed by atoms with Crippen molar-refractivity contribution in [3.8, 4) is 0 Å². The second-order valence-corrected chi connectivity index (χ2v) is 5.60. The van der Waals surface area contributed by atoms with E-state index in [9.17, 15) is 19.3 Å². The van der Waals surface area contributed by atoms with Crippen molar-refractivity contribution >= 4 is 8.25 Å². The van der Waals surface area contributed by atoms with E-state index in [0.29, 0.717) is 5.56 Å². The van der Waals surface area contributed by atoms with Crippen LogP contribution in [0.2, 0.25) is 0 Å². The zero-order chi connectivity index (χ0) is 15.6. The van der Waals surface area contributed by atoms with Crippen LogP contribution < -0.4 is 11.2 Å². The monoisotopic (exact) mass is 319 g/mol. The third kappa shape index (κ3) is 3.45. The molecule has 1 aliphatic rings. The molecule has 1 aliphatic heterocycles. The summed E-state index contributed by atoms with van der Waals surface area (Å²) in [5, 5.41) is 9.27. The number of H-pyrrole nitrogens is 1. The molecule has 0 aliphatic carbocycles. The van der Waals surface area contributed by atoms with E-state index in [0.717, 1.165) is 0 Å². The molecule has 1 aromatic heterocycles. The Labute approximate surface area is 120 Å². The highest BCUT2D eigenvalue weighted by Gasteiger charge is 2.42. The largest absolute Gasteiger partial charge is 0.697 e. The molecule has 2 heterocycles. The van der Waals surface area contributed by atoms with Gasteiger partial charge in [0.2, 0.25) is 0 Å². The summed E-state index contributed by atoms with van der Waals surface area (Å²) in [6, 6.07) is 0. The molecular weight excluding hydrogens is 303 g/mol. The third-order valence-corrected chi connectivity index (χ3v) is 3.93. The van der Waals surface area contributed by atoms with Crippen LogP contribution >= 0.6 is 8.25 Å². The van der Waals surface area contributed by atoms with Gasteiger partial charge in [-0.25, -0.2) is 4.79 Å². The molecule has 1 fully saturated rings. The number of aliphatic hydroxyl groups excluding tert-OH is 1. The molecule has 1 saturated heterocycles. The van der Waals surface area contributed by atoms with E-state index in [-0.39, 0.29) is 13.0 Å². The minimum Gasteiger partial charge on any atom is -0.394 e. The van der Waals surface area contributed by atoms with Gasteiger partial charge in [-0.3, -0.25) is 14.3 Å². The zero-order valence-electron chi connectivity index (χ0n) is 11.5. The van der Waals surface area contributed by atoms with E-state index in [4.69, 9.17) is 9.26 Å². The predicted molar refractivity (Wildman–Crippen MR) is 71.2 cm³/mol. The molecule has 4 atom stereocenters. The molecule has 9 nitrogen and oxygen atoms in total. The molecule has 1 aromatic rings. The topological polar surface area (TPSA) is 120 Å². The highest BCUT2D eigenvalue weighted by Crippen LogP contribution is 2.36. The summed E-state index contributed by atoms with van der Waals surface area (Å²) in [5.41, 5.74) is -0.738. The summed E-state index contributed by atoms with van der Waals surface area (Å²) in [4.78, 5) is 25.3. The highest BCUT2D eigenvalue weighted by molar-refractivity contribution is 7.33. The van der Waals surface area contributed by atoms with Gasteiger partial charge in [0.1, 0.15) is 18.4 Å². The second kappa shape index (κ2) is 6.59. The van der Waals surface area contributed by atoms with E-state index >= 15 is 0 Å². The van der Waals surface area contributed by atoms with Gasteiger partial charge in [0.15, 0.2) is 0 Å². The standard InChI is InChI=1S/C11H15N2O7P/c1-6-4-13(11(16)12-10(6)15)9-3-7(8(5-14)19-9)20-21(17)18-2/h4,7-9,14H,3,5H2,1-2H3/p+1/t7-,8+,9+/m0/s1. The Morgan fingerprint density at radius 2 is 2.29 bits per heavy atom. The first-order valence-electron chi connectivity index (χ1n) is 6.22. The van der Waals surface area contributed by atoms with Gasteiger partial charge in [0.05, 0.1) is 13.7 Å². The van der Waals surface area contributed by atoms with Crippen molar-refractivity contribution in [2.45, 2.75) is 31.8 Å². The van der Waals surface area contributed by atoms with Crippen molar-refractivity contribution in [2.75, 3.05) is 13.7 Å². The molecule has 0 aromatic carbocycles. The van der Waals surface area contributed by atoms with Crippen LogP contribution in [0.25, 0.3) is 0 Å². The molecule has 0 saturated carbocycles. The lowest BCUT2D eigenvalue weighted by atomic mass is 10.2. The number of ether oxygens (including phenoxy) is 1. The molecule has 2 N–H and O–H groups in total. The molecule has 10 heteroatoms. The quantitative estimate of drug-likeness (QED) is 0.722. The van der Waals surface area contributed by atoms with E-state index in [1.165, 1.54) is 17.9 Å². The van der Waals surface area contributed by atoms with Crippen LogP contribution in [0.5, 0.6) is 0 Å². The van der Waals surface area contributed by atoms with Crippen LogP contribution in [0.1, 0.15) is 18.2 Å². The maximum Gasteiger partial charge on any atom is 0.697 e. The van der Waals surface area contributed by atoms with Gasteiger partial charge in [-0.2, -0.15) is 0 Å². The van der Waals surface area contributed by atoms with E-state index in [1.807, 2.05) is 0 Å². The van der Waals surface area contributed by atoms with Gasteiger partial charge in [-0.1, -0.05) is 0 Å². The second-order valence-electron chi connectivity index (χ2n) is 4.58. The highest BCUT2D eigenvalue weighted by atomic mass is 31.1. The minimum atomic E-state index is -2.32. The number of nitrogens with one attached hydrogen (secondary N) is 1. The molecule has 0 bridgehead atoms. The Balaban J connectivity index is 2.23. The van der Waals surface area contributed by atoms with Gasteiger partial charge >= 0.3 is 13.9 Å². The van der Waals surface area contributed by atoms with E-state index < -0.39 is 37.9 Å². The number of aryl methyl sites for hydroxylation is 1. The number of nitrogens with zero attached hydrogens (tertiary/aromatic N) is 1. The van der Waals surface area contributed by atoms with Crippen molar-refractivity contribution in [1.29, 1.82) is 0 Å². The van der Waals surface area contributed by atoms with Crippen molar-refractivity contribution in [2.24, 2.45) is 0 Å². The fraction of sp³-hybridized carbons (Fsp3) is 0.636. The summed E-state index contributed by atoms with van der Waals surface area (Å²) in [6.45, 7) is 1.20. The number of hydrogen-bond donors (Lipinski definition) is 2. The first-order chi connectivity index (χ1) is 9.96. The molecule has 0 spiro atoms. The lowest BCUT2D eigenvalue weighted by molar-refractivity contribution is -0.0426. The lowest BCUT2D eigenvalue weighted by Gasteiger charge is -2.14. The van der Waals surface area contributed by atoms with Crippen LogP contribution in [0.4, 0.5) is 0 Å². The molecular formula is C11H16N2O7P+. The van der Waals surface area contributed by atoms with Gasteiger partial charge in [0.25, 0.3) is 5.56 Å². The van der Waals surface area contributed by atoms with Crippen LogP contribution in [-0.4, -0.2) is 40.6 Å². The van der Waals surface area contributed by atoms with Gasteiger partial charge in [-0.05, 0) is 6.92 Å². The van der Waals surface area contributed by atoms with Crippen LogP contribution in [0.3, 0.4) is 0 Å². The normalized spacial score (nSPS) is 26.0. The lowest BCUT2D eigenvalue weighted by Crippen LogP contribution is -2.33. The Morgan fingerprint density at radius 1 is 1.57 bits per heavy atom. The first-order valence-corrected chi connectivity index (χ1v) is 7.32. The van der Waals surface area contributed by atoms with Crippen LogP contribution in [0, 0.1) is 6.92 Å². The van der Waals surface area contributed by atoms with Gasteiger partial charge in [-0.15, -0.1) is 9.05 Å². The van der Waals surface area contributed by atoms with Crippen molar-refractivity contribution in [3.63, 3.8) is 0 Å². The van der Waals surface area contributed by atoms with Crippen molar-refractivity contribution < 1.29 is 23.5 Å². The Bertz CT molecular complexity index is 640. The van der Waals surface area contributed by atoms with E-state index in [2.05, 4.69) is 9.51 Å². The SMILES string of the molecule is CO[P+](=O)O[C@H]1C[C@H](n2cc(C)c(=O)[nH]c2=O)O[C@@H]1CO. The molecule has 116 valence electrons. The van der Waals surface area contributed by atoms with Crippen LogP contribution in [0.15, 0.2) is 15.8 Å². The molecule has 0 radical (unpaired) electrons. The summed E-state index contributed by atoms with van der Waals surface area (Å²) in [5.74, 6) is 0. The minimum absolute atomic E-state index is 0.195. The number of aromatic amines is 1.